The maximum atomic E-state index is 6.01. The summed E-state index contributed by atoms with van der Waals surface area (Å²) in [5, 5.41) is 4.40. The summed E-state index contributed by atoms with van der Waals surface area (Å²) < 4.78 is 0. The van der Waals surface area contributed by atoms with Crippen LogP contribution in [-0.2, 0) is 0 Å². The Bertz CT molecular complexity index is 506. The molecule has 92 valence electrons. The lowest BCUT2D eigenvalue weighted by Crippen LogP contribution is -2.34. The van der Waals surface area contributed by atoms with Crippen LogP contribution < -0.4 is 11.1 Å². The number of thiophene rings is 1. The number of nitrogens with zero attached hydrogens (tertiary/aromatic N) is 2. The summed E-state index contributed by atoms with van der Waals surface area (Å²) in [5.74, 6) is 1.35. The second-order valence-electron chi connectivity index (χ2n) is 4.59. The van der Waals surface area contributed by atoms with Crippen LogP contribution in [0.15, 0.2) is 12.4 Å². The normalized spacial score (nSPS) is 13.2. The molecule has 17 heavy (non-hydrogen) atoms. The summed E-state index contributed by atoms with van der Waals surface area (Å²) >= 11 is 1.68. The highest BCUT2D eigenvalue weighted by Gasteiger charge is 2.10. The first kappa shape index (κ1) is 12.3. The minimum atomic E-state index is 0.139. The Hall–Kier alpha value is -1.20. The molecule has 0 saturated heterocycles. The van der Waals surface area contributed by atoms with Gasteiger partial charge in [0.25, 0.3) is 0 Å². The van der Waals surface area contributed by atoms with Gasteiger partial charge in [-0.2, -0.15) is 0 Å². The van der Waals surface area contributed by atoms with Crippen molar-refractivity contribution in [1.82, 2.24) is 9.97 Å². The van der Waals surface area contributed by atoms with Crippen LogP contribution in [0.5, 0.6) is 0 Å². The van der Waals surface area contributed by atoms with E-state index in [9.17, 15) is 0 Å². The predicted molar refractivity (Wildman–Crippen MR) is 73.5 cm³/mol. The molecule has 0 radical (unpaired) electrons. The first-order chi connectivity index (χ1) is 8.08. The second-order valence-corrected chi connectivity index (χ2v) is 5.82. The number of rotatable bonds is 4. The molecule has 0 aliphatic heterocycles. The molecular weight excluding hydrogens is 232 g/mol. The van der Waals surface area contributed by atoms with Gasteiger partial charge in [0.2, 0.25) is 0 Å². The van der Waals surface area contributed by atoms with Gasteiger partial charge in [-0.1, -0.05) is 13.8 Å². The molecule has 0 spiro atoms. The highest BCUT2D eigenvalue weighted by molar-refractivity contribution is 7.18. The van der Waals surface area contributed by atoms with Gasteiger partial charge >= 0.3 is 0 Å². The third kappa shape index (κ3) is 2.73. The Morgan fingerprint density at radius 3 is 2.88 bits per heavy atom. The monoisotopic (exact) mass is 250 g/mol. The minimum Gasteiger partial charge on any atom is -0.368 e. The quantitative estimate of drug-likeness (QED) is 0.874. The van der Waals surface area contributed by atoms with Crippen LogP contribution in [0.2, 0.25) is 0 Å². The highest BCUT2D eigenvalue weighted by atomic mass is 32.1. The van der Waals surface area contributed by atoms with E-state index in [0.29, 0.717) is 5.92 Å². The summed E-state index contributed by atoms with van der Waals surface area (Å²) in [6, 6.07) is 2.25. The van der Waals surface area contributed by atoms with Crippen molar-refractivity contribution in [1.29, 1.82) is 0 Å². The van der Waals surface area contributed by atoms with Gasteiger partial charge < -0.3 is 11.1 Å². The molecule has 0 amide bonds. The van der Waals surface area contributed by atoms with Gasteiger partial charge in [0.05, 0.1) is 5.39 Å². The summed E-state index contributed by atoms with van der Waals surface area (Å²) in [5.41, 5.74) is 6.01. The molecule has 2 aromatic heterocycles. The summed E-state index contributed by atoms with van der Waals surface area (Å²) in [7, 11) is 0. The van der Waals surface area contributed by atoms with Crippen molar-refractivity contribution >= 4 is 27.4 Å². The molecule has 2 aromatic rings. The van der Waals surface area contributed by atoms with Crippen LogP contribution >= 0.6 is 11.3 Å². The van der Waals surface area contributed by atoms with Gasteiger partial charge in [-0.25, -0.2) is 9.97 Å². The van der Waals surface area contributed by atoms with Crippen LogP contribution in [0.4, 0.5) is 5.82 Å². The van der Waals surface area contributed by atoms with E-state index >= 15 is 0 Å². The Labute approximate surface area is 105 Å². The molecule has 3 N–H and O–H groups in total. The summed E-state index contributed by atoms with van der Waals surface area (Å²) in [4.78, 5) is 10.8. The van der Waals surface area contributed by atoms with Crippen LogP contribution in [0, 0.1) is 12.8 Å². The number of aromatic nitrogens is 2. The third-order valence-electron chi connectivity index (χ3n) is 2.81. The van der Waals surface area contributed by atoms with E-state index in [0.717, 1.165) is 22.6 Å². The number of nitrogens with one attached hydrogen (secondary N) is 1. The summed E-state index contributed by atoms with van der Waals surface area (Å²) in [6.07, 6.45) is 1.60. The van der Waals surface area contributed by atoms with E-state index in [1.165, 1.54) is 4.88 Å². The molecule has 0 saturated carbocycles. The zero-order chi connectivity index (χ0) is 12.4. The van der Waals surface area contributed by atoms with Crippen molar-refractivity contribution < 1.29 is 0 Å². The fourth-order valence-electron chi connectivity index (χ4n) is 1.57. The molecule has 0 aliphatic rings. The fraction of sp³-hybridized carbons (Fsp3) is 0.500. The molecule has 0 bridgehead atoms. The maximum Gasteiger partial charge on any atom is 0.138 e. The zero-order valence-corrected chi connectivity index (χ0v) is 11.2. The van der Waals surface area contributed by atoms with Crippen molar-refractivity contribution in [2.45, 2.75) is 26.8 Å². The van der Waals surface area contributed by atoms with E-state index < -0.39 is 0 Å². The SMILES string of the molecule is Cc1cc2c(NCC(N)C(C)C)ncnc2s1. The first-order valence-electron chi connectivity index (χ1n) is 5.78. The van der Waals surface area contributed by atoms with E-state index in [1.54, 1.807) is 17.7 Å². The standard InChI is InChI=1S/C12H18N4S/c1-7(2)10(13)5-14-11-9-4-8(3)17-12(9)16-6-15-11/h4,6-7,10H,5,13H2,1-3H3,(H,14,15,16). The molecule has 0 fully saturated rings. The van der Waals surface area contributed by atoms with Gasteiger partial charge in [-0.15, -0.1) is 11.3 Å². The number of anilines is 1. The Kier molecular flexibility index (Phi) is 3.59. The van der Waals surface area contributed by atoms with E-state index in [-0.39, 0.29) is 6.04 Å². The van der Waals surface area contributed by atoms with Gasteiger partial charge in [0.1, 0.15) is 17.0 Å². The zero-order valence-electron chi connectivity index (χ0n) is 10.4. The van der Waals surface area contributed by atoms with Crippen LogP contribution in [-0.4, -0.2) is 22.6 Å². The molecule has 4 nitrogen and oxygen atoms in total. The Morgan fingerprint density at radius 1 is 1.41 bits per heavy atom. The Morgan fingerprint density at radius 2 is 2.18 bits per heavy atom. The van der Waals surface area contributed by atoms with E-state index in [1.807, 2.05) is 0 Å². The lowest BCUT2D eigenvalue weighted by atomic mass is 10.1. The molecule has 0 aromatic carbocycles. The van der Waals surface area contributed by atoms with Crippen molar-refractivity contribution in [3.63, 3.8) is 0 Å². The Balaban J connectivity index is 2.18. The molecule has 1 unspecified atom stereocenters. The van der Waals surface area contributed by atoms with Crippen molar-refractivity contribution in [3.05, 3.63) is 17.3 Å². The number of fused-ring (bicyclic) bond motifs is 1. The maximum absolute atomic E-state index is 6.01. The number of hydrogen-bond donors (Lipinski definition) is 2. The summed E-state index contributed by atoms with van der Waals surface area (Å²) in [6.45, 7) is 7.06. The second kappa shape index (κ2) is 4.98. The van der Waals surface area contributed by atoms with E-state index in [2.05, 4.69) is 42.1 Å². The largest absolute Gasteiger partial charge is 0.368 e. The van der Waals surface area contributed by atoms with Gasteiger partial charge in [-0.3, -0.25) is 0 Å². The fourth-order valence-corrected chi connectivity index (χ4v) is 2.41. The van der Waals surface area contributed by atoms with E-state index in [4.69, 9.17) is 5.73 Å². The van der Waals surface area contributed by atoms with Gasteiger partial charge in [-0.05, 0) is 18.9 Å². The molecular formula is C12H18N4S. The van der Waals surface area contributed by atoms with Crippen molar-refractivity contribution in [3.8, 4) is 0 Å². The highest BCUT2D eigenvalue weighted by Crippen LogP contribution is 2.27. The average Bonchev–Trinajstić information content (AvgIpc) is 2.66. The molecule has 2 heterocycles. The minimum absolute atomic E-state index is 0.139. The number of nitrogens with two attached hydrogens (primary N) is 1. The predicted octanol–water partition coefficient (Wildman–Crippen LogP) is 2.39. The van der Waals surface area contributed by atoms with Crippen LogP contribution in [0.25, 0.3) is 10.2 Å². The van der Waals surface area contributed by atoms with Crippen molar-refractivity contribution in [2.75, 3.05) is 11.9 Å². The number of hydrogen-bond acceptors (Lipinski definition) is 5. The molecule has 2 rings (SSSR count). The smallest absolute Gasteiger partial charge is 0.138 e. The molecule has 1 atom stereocenters. The average molecular weight is 250 g/mol. The lowest BCUT2D eigenvalue weighted by Gasteiger charge is -2.16. The molecule has 5 heteroatoms. The van der Waals surface area contributed by atoms with Crippen LogP contribution in [0.3, 0.4) is 0 Å². The molecule has 0 aliphatic carbocycles. The third-order valence-corrected chi connectivity index (χ3v) is 3.77. The van der Waals surface area contributed by atoms with Crippen LogP contribution in [0.1, 0.15) is 18.7 Å². The van der Waals surface area contributed by atoms with Gasteiger partial charge in [0, 0.05) is 17.5 Å². The lowest BCUT2D eigenvalue weighted by molar-refractivity contribution is 0.511. The first-order valence-corrected chi connectivity index (χ1v) is 6.60. The topological polar surface area (TPSA) is 63.8 Å². The van der Waals surface area contributed by atoms with Crippen molar-refractivity contribution in [2.24, 2.45) is 11.7 Å². The van der Waals surface area contributed by atoms with Gasteiger partial charge in [0.15, 0.2) is 0 Å². The number of aryl methyl sites for hydroxylation is 1.